The molecule has 5 heteroatoms. The minimum absolute atomic E-state index is 0.711. The monoisotopic (exact) mass is 295 g/mol. The van der Waals surface area contributed by atoms with Crippen LogP contribution in [0.15, 0.2) is 29.2 Å². The summed E-state index contributed by atoms with van der Waals surface area (Å²) in [6.07, 6.45) is 0.957. The zero-order valence-corrected chi connectivity index (χ0v) is 12.8. The lowest BCUT2D eigenvalue weighted by molar-refractivity contribution is 0.628. The standard InChI is InChI=1S/C14H18ClN3S/c1-3-10-8-11(18(4-2)17-10)9-19-14-12(15)6-5-7-13(14)16/h5-8H,3-4,9,16H2,1-2H3. The summed E-state index contributed by atoms with van der Waals surface area (Å²) < 4.78 is 2.04. The Morgan fingerprint density at radius 1 is 1.37 bits per heavy atom. The molecule has 0 aliphatic carbocycles. The third-order valence-corrected chi connectivity index (χ3v) is 4.55. The van der Waals surface area contributed by atoms with E-state index in [1.807, 2.05) is 22.9 Å². The Balaban J connectivity index is 2.16. The van der Waals surface area contributed by atoms with Gasteiger partial charge in [-0.2, -0.15) is 5.10 Å². The molecule has 0 aliphatic heterocycles. The predicted octanol–water partition coefficient (Wildman–Crippen LogP) is 3.99. The topological polar surface area (TPSA) is 43.8 Å². The smallest absolute Gasteiger partial charge is 0.0625 e. The Morgan fingerprint density at radius 2 is 2.16 bits per heavy atom. The predicted molar refractivity (Wildman–Crippen MR) is 82.7 cm³/mol. The molecule has 0 aliphatic rings. The van der Waals surface area contributed by atoms with E-state index in [0.29, 0.717) is 5.02 Å². The van der Waals surface area contributed by atoms with Gasteiger partial charge < -0.3 is 5.73 Å². The molecule has 0 saturated carbocycles. The fraction of sp³-hybridized carbons (Fsp3) is 0.357. The summed E-state index contributed by atoms with van der Waals surface area (Å²) in [6.45, 7) is 5.10. The molecule has 0 fully saturated rings. The summed E-state index contributed by atoms with van der Waals surface area (Å²) in [7, 11) is 0. The van der Waals surface area contributed by atoms with Crippen LogP contribution in [0, 0.1) is 0 Å². The van der Waals surface area contributed by atoms with Crippen LogP contribution in [0.3, 0.4) is 0 Å². The third kappa shape index (κ3) is 3.25. The maximum atomic E-state index is 6.18. The molecule has 19 heavy (non-hydrogen) atoms. The first-order valence-electron chi connectivity index (χ1n) is 6.38. The van der Waals surface area contributed by atoms with Crippen molar-refractivity contribution in [3.05, 3.63) is 40.7 Å². The summed E-state index contributed by atoms with van der Waals surface area (Å²) >= 11 is 7.84. The van der Waals surface area contributed by atoms with Gasteiger partial charge in [0.1, 0.15) is 0 Å². The lowest BCUT2D eigenvalue weighted by atomic mass is 10.3. The first kappa shape index (κ1) is 14.3. The van der Waals surface area contributed by atoms with Gasteiger partial charge in [-0.25, -0.2) is 0 Å². The number of hydrogen-bond donors (Lipinski definition) is 1. The molecule has 0 bridgehead atoms. The van der Waals surface area contributed by atoms with Crippen molar-refractivity contribution in [2.24, 2.45) is 0 Å². The molecule has 2 aromatic rings. The van der Waals surface area contributed by atoms with E-state index >= 15 is 0 Å². The van der Waals surface area contributed by atoms with Crippen LogP contribution in [-0.2, 0) is 18.7 Å². The van der Waals surface area contributed by atoms with E-state index in [1.165, 1.54) is 5.69 Å². The fourth-order valence-electron chi connectivity index (χ4n) is 1.90. The zero-order chi connectivity index (χ0) is 13.8. The number of hydrogen-bond acceptors (Lipinski definition) is 3. The van der Waals surface area contributed by atoms with Crippen molar-refractivity contribution < 1.29 is 0 Å². The van der Waals surface area contributed by atoms with Crippen LogP contribution in [-0.4, -0.2) is 9.78 Å². The highest BCUT2D eigenvalue weighted by atomic mass is 35.5. The van der Waals surface area contributed by atoms with Crippen molar-refractivity contribution in [2.45, 2.75) is 37.5 Å². The fourth-order valence-corrected chi connectivity index (χ4v) is 3.21. The van der Waals surface area contributed by atoms with Gasteiger partial charge in [-0.05, 0) is 31.5 Å². The molecule has 0 radical (unpaired) electrons. The Morgan fingerprint density at radius 3 is 2.79 bits per heavy atom. The number of nitrogens with zero attached hydrogens (tertiary/aromatic N) is 2. The van der Waals surface area contributed by atoms with E-state index in [4.69, 9.17) is 17.3 Å². The summed E-state index contributed by atoms with van der Waals surface area (Å²) in [5, 5.41) is 5.25. The Hall–Kier alpha value is -1.13. The minimum atomic E-state index is 0.711. The molecule has 2 rings (SSSR count). The summed E-state index contributed by atoms with van der Waals surface area (Å²) in [4.78, 5) is 0.950. The van der Waals surface area contributed by atoms with Gasteiger partial charge in [-0.3, -0.25) is 4.68 Å². The van der Waals surface area contributed by atoms with Crippen molar-refractivity contribution in [1.82, 2.24) is 9.78 Å². The Kier molecular flexibility index (Phi) is 4.77. The van der Waals surface area contributed by atoms with Gasteiger partial charge >= 0.3 is 0 Å². The number of benzene rings is 1. The average Bonchev–Trinajstić information content (AvgIpc) is 2.80. The molecule has 0 saturated heterocycles. The number of thioether (sulfide) groups is 1. The van der Waals surface area contributed by atoms with Crippen LogP contribution in [0.5, 0.6) is 0 Å². The lowest BCUT2D eigenvalue weighted by Crippen LogP contribution is -2.01. The van der Waals surface area contributed by atoms with Crippen molar-refractivity contribution >= 4 is 29.1 Å². The van der Waals surface area contributed by atoms with Gasteiger partial charge in [0, 0.05) is 28.6 Å². The molecule has 0 unspecified atom stereocenters. The van der Waals surface area contributed by atoms with Crippen molar-refractivity contribution in [3.8, 4) is 0 Å². The Labute approximate surface area is 123 Å². The van der Waals surface area contributed by atoms with E-state index in [0.717, 1.165) is 35.0 Å². The molecule has 1 heterocycles. The van der Waals surface area contributed by atoms with E-state index in [-0.39, 0.29) is 0 Å². The van der Waals surface area contributed by atoms with Crippen molar-refractivity contribution in [1.29, 1.82) is 0 Å². The Bertz CT molecular complexity index is 546. The van der Waals surface area contributed by atoms with Crippen LogP contribution in [0.4, 0.5) is 5.69 Å². The van der Waals surface area contributed by atoms with Crippen LogP contribution >= 0.6 is 23.4 Å². The summed E-state index contributed by atoms with van der Waals surface area (Å²) in [6, 6.07) is 7.77. The molecule has 0 amide bonds. The molecule has 3 nitrogen and oxygen atoms in total. The van der Waals surface area contributed by atoms with Crippen LogP contribution in [0.2, 0.25) is 5.02 Å². The molecule has 0 atom stereocenters. The van der Waals surface area contributed by atoms with E-state index in [9.17, 15) is 0 Å². The number of aryl methyl sites for hydroxylation is 2. The van der Waals surface area contributed by atoms with Crippen molar-refractivity contribution in [2.75, 3.05) is 5.73 Å². The lowest BCUT2D eigenvalue weighted by Gasteiger charge is -2.08. The number of halogens is 1. The summed E-state index contributed by atoms with van der Waals surface area (Å²) in [5.41, 5.74) is 9.03. The van der Waals surface area contributed by atoms with Gasteiger partial charge in [0.25, 0.3) is 0 Å². The average molecular weight is 296 g/mol. The normalized spacial score (nSPS) is 10.9. The SMILES string of the molecule is CCc1cc(CSc2c(N)cccc2Cl)n(CC)n1. The highest BCUT2D eigenvalue weighted by molar-refractivity contribution is 7.98. The molecular formula is C14H18ClN3S. The minimum Gasteiger partial charge on any atom is -0.398 e. The van der Waals surface area contributed by atoms with Crippen LogP contribution in [0.25, 0.3) is 0 Å². The van der Waals surface area contributed by atoms with Crippen molar-refractivity contribution in [3.63, 3.8) is 0 Å². The molecule has 0 spiro atoms. The number of nitrogens with two attached hydrogens (primary N) is 1. The van der Waals surface area contributed by atoms with Gasteiger partial charge in [-0.15, -0.1) is 11.8 Å². The highest BCUT2D eigenvalue weighted by Gasteiger charge is 2.09. The number of nitrogen functional groups attached to an aromatic ring is 1. The highest BCUT2D eigenvalue weighted by Crippen LogP contribution is 2.34. The second-order valence-corrected chi connectivity index (χ2v) is 5.64. The van der Waals surface area contributed by atoms with E-state index in [2.05, 4.69) is 25.0 Å². The first-order valence-corrected chi connectivity index (χ1v) is 7.74. The maximum Gasteiger partial charge on any atom is 0.0625 e. The number of rotatable bonds is 5. The van der Waals surface area contributed by atoms with Gasteiger partial charge in [0.05, 0.1) is 10.7 Å². The van der Waals surface area contributed by atoms with Gasteiger partial charge in [-0.1, -0.05) is 24.6 Å². The quantitative estimate of drug-likeness (QED) is 0.670. The van der Waals surface area contributed by atoms with Gasteiger partial charge in [0.15, 0.2) is 0 Å². The summed E-state index contributed by atoms with van der Waals surface area (Å²) in [5.74, 6) is 0.828. The second-order valence-electron chi connectivity index (χ2n) is 4.24. The van der Waals surface area contributed by atoms with E-state index in [1.54, 1.807) is 11.8 Å². The van der Waals surface area contributed by atoms with E-state index < -0.39 is 0 Å². The van der Waals surface area contributed by atoms with Gasteiger partial charge in [0.2, 0.25) is 0 Å². The molecule has 2 N–H and O–H groups in total. The number of anilines is 1. The molecular weight excluding hydrogens is 278 g/mol. The maximum absolute atomic E-state index is 6.18. The first-order chi connectivity index (χ1) is 9.15. The van der Waals surface area contributed by atoms with Crippen LogP contribution < -0.4 is 5.73 Å². The van der Waals surface area contributed by atoms with Crippen LogP contribution in [0.1, 0.15) is 25.2 Å². The molecule has 102 valence electrons. The largest absolute Gasteiger partial charge is 0.398 e. The number of aromatic nitrogens is 2. The third-order valence-electron chi connectivity index (χ3n) is 2.94. The zero-order valence-electron chi connectivity index (χ0n) is 11.2. The molecule has 1 aromatic carbocycles. The second kappa shape index (κ2) is 6.35. The molecule has 1 aromatic heterocycles.